The van der Waals surface area contributed by atoms with Crippen molar-refractivity contribution in [1.82, 2.24) is 4.90 Å². The molecule has 0 saturated carbocycles. The van der Waals surface area contributed by atoms with E-state index in [2.05, 4.69) is 4.72 Å². The summed E-state index contributed by atoms with van der Waals surface area (Å²) in [6.45, 7) is 1.03. The molecule has 8 nitrogen and oxygen atoms in total. The molecule has 1 aromatic carbocycles. The molecule has 0 radical (unpaired) electrons. The van der Waals surface area contributed by atoms with Gasteiger partial charge < -0.3 is 20.1 Å². The number of hydrogen-bond acceptors (Lipinski definition) is 6. The van der Waals surface area contributed by atoms with E-state index in [-0.39, 0.29) is 29.1 Å². The Labute approximate surface area is 142 Å². The van der Waals surface area contributed by atoms with Crippen LogP contribution in [0.3, 0.4) is 0 Å². The molecule has 9 heteroatoms. The molecule has 2 rings (SSSR count). The second-order valence-corrected chi connectivity index (χ2v) is 7.41. The van der Waals surface area contributed by atoms with Crippen LogP contribution in [0.4, 0.5) is 5.69 Å². The summed E-state index contributed by atoms with van der Waals surface area (Å²) in [6, 6.07) is 2.99. The van der Waals surface area contributed by atoms with Crippen LogP contribution in [-0.2, 0) is 10.0 Å². The number of ether oxygens (including phenoxy) is 2. The fraction of sp³-hybridized carbons (Fsp3) is 0.533. The van der Waals surface area contributed by atoms with Crippen LogP contribution in [-0.4, -0.2) is 58.8 Å². The summed E-state index contributed by atoms with van der Waals surface area (Å²) >= 11 is 0. The summed E-state index contributed by atoms with van der Waals surface area (Å²) in [7, 11) is -0.716. The predicted octanol–water partition coefficient (Wildman–Crippen LogP) is 0.639. The van der Waals surface area contributed by atoms with Gasteiger partial charge in [-0.25, -0.2) is 8.42 Å². The third kappa shape index (κ3) is 3.90. The highest BCUT2D eigenvalue weighted by Crippen LogP contribution is 2.37. The first-order valence-electron chi connectivity index (χ1n) is 7.55. The summed E-state index contributed by atoms with van der Waals surface area (Å²) in [4.78, 5) is 14.5. The van der Waals surface area contributed by atoms with Gasteiger partial charge in [0.2, 0.25) is 10.0 Å². The zero-order valence-electron chi connectivity index (χ0n) is 14.0. The number of methoxy groups -OCH3 is 2. The maximum absolute atomic E-state index is 12.8. The Bertz CT molecular complexity index is 720. The molecule has 1 aliphatic rings. The number of rotatable bonds is 6. The Morgan fingerprint density at radius 1 is 1.38 bits per heavy atom. The molecule has 134 valence electrons. The highest BCUT2D eigenvalue weighted by atomic mass is 32.2. The van der Waals surface area contributed by atoms with Crippen molar-refractivity contribution in [3.8, 4) is 11.5 Å². The van der Waals surface area contributed by atoms with Crippen molar-refractivity contribution in [3.63, 3.8) is 0 Å². The molecule has 1 atom stereocenters. The van der Waals surface area contributed by atoms with Gasteiger partial charge in [0.25, 0.3) is 5.91 Å². The van der Waals surface area contributed by atoms with Gasteiger partial charge in [-0.05, 0) is 25.0 Å². The van der Waals surface area contributed by atoms with Gasteiger partial charge in [-0.1, -0.05) is 0 Å². The van der Waals surface area contributed by atoms with Crippen LogP contribution < -0.4 is 19.9 Å². The standard InChI is InChI=1S/C15H23N3O5S/c1-22-13-8-10(15(19)18-6-4-5-11(18)9-16)7-12(14(13)23-2)17-24(3,20)21/h7-8,11,17H,4-6,9,16H2,1-3H3. The highest BCUT2D eigenvalue weighted by molar-refractivity contribution is 7.92. The molecular weight excluding hydrogens is 334 g/mol. The van der Waals surface area contributed by atoms with Crippen LogP contribution in [0.5, 0.6) is 11.5 Å². The zero-order valence-corrected chi connectivity index (χ0v) is 14.9. The summed E-state index contributed by atoms with van der Waals surface area (Å²) in [5.74, 6) is 0.287. The largest absolute Gasteiger partial charge is 0.493 e. The minimum absolute atomic E-state index is 0.00286. The number of sulfonamides is 1. The SMILES string of the molecule is COc1cc(C(=O)N2CCCC2CN)cc(NS(C)(=O)=O)c1OC. The van der Waals surface area contributed by atoms with Crippen LogP contribution in [0.15, 0.2) is 12.1 Å². The van der Waals surface area contributed by atoms with Crippen LogP contribution in [0.1, 0.15) is 23.2 Å². The molecule has 0 aliphatic carbocycles. The van der Waals surface area contributed by atoms with E-state index in [0.717, 1.165) is 19.1 Å². The number of nitrogens with two attached hydrogens (primary N) is 1. The van der Waals surface area contributed by atoms with Crippen LogP contribution in [0.2, 0.25) is 0 Å². The quantitative estimate of drug-likeness (QED) is 0.773. The third-order valence-electron chi connectivity index (χ3n) is 3.93. The topological polar surface area (TPSA) is 111 Å². The number of anilines is 1. The van der Waals surface area contributed by atoms with Crippen molar-refractivity contribution < 1.29 is 22.7 Å². The number of carbonyl (C=O) groups is 1. The number of nitrogens with one attached hydrogen (secondary N) is 1. The molecule has 1 amide bonds. The smallest absolute Gasteiger partial charge is 0.254 e. The Hall–Kier alpha value is -2.00. The minimum Gasteiger partial charge on any atom is -0.493 e. The molecule has 24 heavy (non-hydrogen) atoms. The number of amides is 1. The summed E-state index contributed by atoms with van der Waals surface area (Å²) in [6.07, 6.45) is 2.79. The number of carbonyl (C=O) groups excluding carboxylic acids is 1. The van der Waals surface area contributed by atoms with E-state index < -0.39 is 10.0 Å². The van der Waals surface area contributed by atoms with Crippen molar-refractivity contribution in [2.75, 3.05) is 38.3 Å². The van der Waals surface area contributed by atoms with E-state index in [1.54, 1.807) is 11.0 Å². The average Bonchev–Trinajstić information content (AvgIpc) is 3.00. The summed E-state index contributed by atoms with van der Waals surface area (Å²) < 4.78 is 36.0. The monoisotopic (exact) mass is 357 g/mol. The number of nitrogens with zero attached hydrogens (tertiary/aromatic N) is 1. The van der Waals surface area contributed by atoms with Crippen molar-refractivity contribution in [2.24, 2.45) is 5.73 Å². The van der Waals surface area contributed by atoms with Crippen LogP contribution in [0.25, 0.3) is 0 Å². The Balaban J connectivity index is 2.46. The molecule has 1 fully saturated rings. The Kier molecular flexibility index (Phi) is 5.55. The van der Waals surface area contributed by atoms with Gasteiger partial charge in [-0.15, -0.1) is 0 Å². The van der Waals surface area contributed by atoms with E-state index in [0.29, 0.717) is 18.7 Å². The van der Waals surface area contributed by atoms with Gasteiger partial charge in [0.1, 0.15) is 0 Å². The van der Waals surface area contributed by atoms with E-state index in [1.807, 2.05) is 0 Å². The maximum atomic E-state index is 12.8. The van der Waals surface area contributed by atoms with Gasteiger partial charge in [-0.3, -0.25) is 9.52 Å². The summed E-state index contributed by atoms with van der Waals surface area (Å²) in [5, 5.41) is 0. The molecule has 0 aromatic heterocycles. The maximum Gasteiger partial charge on any atom is 0.254 e. The van der Waals surface area contributed by atoms with Crippen molar-refractivity contribution in [1.29, 1.82) is 0 Å². The second kappa shape index (κ2) is 7.27. The van der Waals surface area contributed by atoms with Gasteiger partial charge in [0.05, 0.1) is 26.2 Å². The zero-order chi connectivity index (χ0) is 17.9. The number of hydrogen-bond donors (Lipinski definition) is 2. The molecule has 1 aliphatic heterocycles. The normalized spacial score (nSPS) is 17.7. The van der Waals surface area contributed by atoms with Crippen LogP contribution in [0, 0.1) is 0 Å². The lowest BCUT2D eigenvalue weighted by Gasteiger charge is -2.24. The lowest BCUT2D eigenvalue weighted by Crippen LogP contribution is -2.39. The van der Waals surface area contributed by atoms with Gasteiger partial charge in [0.15, 0.2) is 11.5 Å². The van der Waals surface area contributed by atoms with Gasteiger partial charge in [0, 0.05) is 24.7 Å². The fourth-order valence-electron chi connectivity index (χ4n) is 2.88. The van der Waals surface area contributed by atoms with Crippen molar-refractivity contribution in [3.05, 3.63) is 17.7 Å². The van der Waals surface area contributed by atoms with E-state index in [1.165, 1.54) is 20.3 Å². The highest BCUT2D eigenvalue weighted by Gasteiger charge is 2.29. The molecule has 1 heterocycles. The molecule has 1 saturated heterocycles. The fourth-order valence-corrected chi connectivity index (χ4v) is 3.43. The second-order valence-electron chi connectivity index (χ2n) is 5.66. The van der Waals surface area contributed by atoms with E-state index >= 15 is 0 Å². The molecule has 0 spiro atoms. The number of benzene rings is 1. The lowest BCUT2D eigenvalue weighted by molar-refractivity contribution is 0.0741. The minimum atomic E-state index is -3.54. The predicted molar refractivity (Wildman–Crippen MR) is 91.1 cm³/mol. The first-order chi connectivity index (χ1) is 11.3. The molecule has 1 aromatic rings. The van der Waals surface area contributed by atoms with Crippen molar-refractivity contribution in [2.45, 2.75) is 18.9 Å². The average molecular weight is 357 g/mol. The van der Waals surface area contributed by atoms with Crippen molar-refractivity contribution >= 4 is 21.6 Å². The third-order valence-corrected chi connectivity index (χ3v) is 4.52. The van der Waals surface area contributed by atoms with E-state index in [4.69, 9.17) is 15.2 Å². The van der Waals surface area contributed by atoms with Gasteiger partial charge in [-0.2, -0.15) is 0 Å². The molecular formula is C15H23N3O5S. The van der Waals surface area contributed by atoms with Gasteiger partial charge >= 0.3 is 0 Å². The van der Waals surface area contributed by atoms with E-state index in [9.17, 15) is 13.2 Å². The molecule has 1 unspecified atom stereocenters. The first-order valence-corrected chi connectivity index (χ1v) is 9.44. The molecule has 3 N–H and O–H groups in total. The Morgan fingerprint density at radius 2 is 2.08 bits per heavy atom. The van der Waals surface area contributed by atoms with Crippen LogP contribution >= 0.6 is 0 Å². The first kappa shape index (κ1) is 18.3. The Morgan fingerprint density at radius 3 is 2.62 bits per heavy atom. The summed E-state index contributed by atoms with van der Waals surface area (Å²) in [5.41, 5.74) is 6.20. The lowest BCUT2D eigenvalue weighted by atomic mass is 10.1. The molecule has 0 bridgehead atoms. The number of likely N-dealkylation sites (tertiary alicyclic amines) is 1.